The Balaban J connectivity index is 2.19. The number of nitrogens with zero attached hydrogens (tertiary/aromatic N) is 1. The Hall–Kier alpha value is 0.340. The van der Waals surface area contributed by atoms with Gasteiger partial charge >= 0.3 is 5.97 Å². The highest BCUT2D eigenvalue weighted by molar-refractivity contribution is 9.09. The lowest BCUT2D eigenvalue weighted by molar-refractivity contribution is -0.150. The lowest BCUT2D eigenvalue weighted by atomic mass is 10.0. The third kappa shape index (κ3) is 3.23. The lowest BCUT2D eigenvalue weighted by Crippen LogP contribution is -2.68. The Morgan fingerprint density at radius 1 is 1.55 bits per heavy atom. The smallest absolute Gasteiger partial charge is 0.355 e. The first kappa shape index (κ1) is 16.7. The number of amides is 1. The van der Waals surface area contributed by atoms with Crippen molar-refractivity contribution in [3.8, 4) is 0 Å². The van der Waals surface area contributed by atoms with E-state index in [2.05, 4.69) is 15.9 Å². The normalized spacial score (nSPS) is 26.2. The van der Waals surface area contributed by atoms with Crippen LogP contribution in [-0.2, 0) is 14.3 Å². The topological polar surface area (TPSA) is 72.6 Å². The van der Waals surface area contributed by atoms with E-state index in [1.165, 1.54) is 16.7 Å². The van der Waals surface area contributed by atoms with Crippen molar-refractivity contribution in [2.24, 2.45) is 5.73 Å². The molecule has 5 nitrogen and oxygen atoms in total. The number of alkyl halides is 4. The van der Waals surface area contributed by atoms with Crippen LogP contribution in [0, 0.1) is 0 Å². The molecular formula is C10H10BrCl3N2O3S. The quantitative estimate of drug-likeness (QED) is 0.425. The summed E-state index contributed by atoms with van der Waals surface area (Å²) in [7, 11) is 0. The number of carbonyl (C=O) groups is 2. The van der Waals surface area contributed by atoms with Crippen molar-refractivity contribution in [3.05, 3.63) is 11.3 Å². The lowest BCUT2D eigenvalue weighted by Gasteiger charge is -2.48. The van der Waals surface area contributed by atoms with Crippen LogP contribution < -0.4 is 5.73 Å². The fraction of sp³-hybridized carbons (Fsp3) is 0.600. The molecular weight excluding hydrogens is 414 g/mol. The Kier molecular flexibility index (Phi) is 5.20. The van der Waals surface area contributed by atoms with Crippen LogP contribution >= 0.6 is 62.5 Å². The molecule has 2 heterocycles. The summed E-state index contributed by atoms with van der Waals surface area (Å²) in [6, 6.07) is -0.590. The second kappa shape index (κ2) is 6.22. The highest BCUT2D eigenvalue weighted by Gasteiger charge is 2.52. The summed E-state index contributed by atoms with van der Waals surface area (Å²) in [6.07, 6.45) is 0. The minimum absolute atomic E-state index is 0.201. The Morgan fingerprint density at radius 2 is 2.20 bits per heavy atom. The third-order valence-electron chi connectivity index (χ3n) is 2.81. The Labute approximate surface area is 143 Å². The van der Waals surface area contributed by atoms with E-state index in [1.54, 1.807) is 0 Å². The number of ether oxygens (including phenoxy) is 1. The highest BCUT2D eigenvalue weighted by Crippen LogP contribution is 2.40. The van der Waals surface area contributed by atoms with Crippen molar-refractivity contribution < 1.29 is 14.3 Å². The standard InChI is InChI=1S/C10H10BrCl3N2O3S/c11-1-4-2-20-8-5(15)7(17)16(8)6(4)9(18)19-3-10(12,13)14/h5,8H,1-3,15H2/t5-,8-/m1/s1. The number of halogens is 4. The maximum absolute atomic E-state index is 12.1. The van der Waals surface area contributed by atoms with E-state index in [0.717, 1.165) is 5.57 Å². The van der Waals surface area contributed by atoms with Gasteiger partial charge in [0.25, 0.3) is 0 Å². The van der Waals surface area contributed by atoms with Crippen molar-refractivity contribution in [3.63, 3.8) is 0 Å². The van der Waals surface area contributed by atoms with Crippen LogP contribution in [0.2, 0.25) is 0 Å². The summed E-state index contributed by atoms with van der Waals surface area (Å²) in [5, 5.41) is 0.213. The monoisotopic (exact) mass is 422 g/mol. The minimum Gasteiger partial charge on any atom is -0.456 e. The number of carbonyl (C=O) groups excluding carboxylic acids is 2. The van der Waals surface area contributed by atoms with Gasteiger partial charge in [0.1, 0.15) is 23.7 Å². The first-order valence-corrected chi connectivity index (χ1v) is 8.79. The van der Waals surface area contributed by atoms with Crippen LogP contribution in [0.5, 0.6) is 0 Å². The number of rotatable bonds is 3. The van der Waals surface area contributed by atoms with Crippen molar-refractivity contribution in [2.45, 2.75) is 15.2 Å². The molecule has 2 N–H and O–H groups in total. The van der Waals surface area contributed by atoms with Crippen molar-refractivity contribution in [1.29, 1.82) is 0 Å². The van der Waals surface area contributed by atoms with Gasteiger partial charge in [0, 0.05) is 11.1 Å². The molecule has 20 heavy (non-hydrogen) atoms. The molecule has 112 valence electrons. The van der Waals surface area contributed by atoms with Crippen LogP contribution in [0.1, 0.15) is 0 Å². The summed E-state index contributed by atoms with van der Waals surface area (Å²) in [4.78, 5) is 25.3. The molecule has 0 aliphatic carbocycles. The number of β-lactam (4-membered cyclic amide) rings is 1. The molecule has 0 aromatic rings. The molecule has 0 aromatic heterocycles. The van der Waals surface area contributed by atoms with E-state index in [1.807, 2.05) is 0 Å². The summed E-state index contributed by atoms with van der Waals surface area (Å²) in [5.41, 5.74) is 6.66. The molecule has 0 spiro atoms. The summed E-state index contributed by atoms with van der Waals surface area (Å²) < 4.78 is 3.27. The summed E-state index contributed by atoms with van der Waals surface area (Å²) >= 11 is 21.4. The fourth-order valence-electron chi connectivity index (χ4n) is 1.89. The van der Waals surface area contributed by atoms with Crippen LogP contribution in [0.3, 0.4) is 0 Å². The second-order valence-electron chi connectivity index (χ2n) is 4.21. The molecule has 0 aromatic carbocycles. The SMILES string of the molecule is N[C@@H]1C(=O)N2C(C(=O)OCC(Cl)(Cl)Cl)=C(CBr)CS[C@H]12. The van der Waals surface area contributed by atoms with E-state index in [0.29, 0.717) is 11.1 Å². The average Bonchev–Trinajstić information content (AvgIpc) is 2.41. The molecule has 1 saturated heterocycles. The zero-order chi connectivity index (χ0) is 15.1. The molecule has 0 unspecified atom stereocenters. The van der Waals surface area contributed by atoms with Crippen LogP contribution in [-0.4, -0.2) is 49.7 Å². The molecule has 0 bridgehead atoms. The fourth-order valence-corrected chi connectivity index (χ4v) is 4.07. The van der Waals surface area contributed by atoms with E-state index in [4.69, 9.17) is 45.3 Å². The van der Waals surface area contributed by atoms with Crippen LogP contribution in [0.15, 0.2) is 11.3 Å². The van der Waals surface area contributed by atoms with Crippen LogP contribution in [0.25, 0.3) is 0 Å². The number of hydrogen-bond acceptors (Lipinski definition) is 5. The number of fused-ring (bicyclic) bond motifs is 1. The molecule has 0 radical (unpaired) electrons. The minimum atomic E-state index is -1.69. The predicted octanol–water partition coefficient (Wildman–Crippen LogP) is 1.79. The molecule has 2 atom stereocenters. The summed E-state index contributed by atoms with van der Waals surface area (Å²) in [6.45, 7) is -0.387. The zero-order valence-electron chi connectivity index (χ0n) is 9.95. The first-order chi connectivity index (χ1) is 9.26. The molecule has 0 saturated carbocycles. The van der Waals surface area contributed by atoms with Gasteiger partial charge in [-0.2, -0.15) is 0 Å². The third-order valence-corrected chi connectivity index (χ3v) is 5.17. The van der Waals surface area contributed by atoms with Gasteiger partial charge in [0.05, 0.1) is 0 Å². The van der Waals surface area contributed by atoms with Crippen LogP contribution in [0.4, 0.5) is 0 Å². The van der Waals surface area contributed by atoms with E-state index >= 15 is 0 Å². The molecule has 2 rings (SSSR count). The molecule has 2 aliphatic rings. The number of esters is 1. The number of thioether (sulfide) groups is 1. The van der Waals surface area contributed by atoms with Gasteiger partial charge in [-0.05, 0) is 5.57 Å². The van der Waals surface area contributed by atoms with Gasteiger partial charge < -0.3 is 10.5 Å². The maximum Gasteiger partial charge on any atom is 0.355 e. The Bertz CT molecular complexity index is 483. The van der Waals surface area contributed by atoms with Crippen molar-refractivity contribution >= 4 is 74.4 Å². The van der Waals surface area contributed by atoms with E-state index in [-0.39, 0.29) is 23.6 Å². The number of nitrogens with two attached hydrogens (primary N) is 1. The second-order valence-corrected chi connectivity index (χ2v) is 8.39. The average molecular weight is 425 g/mol. The zero-order valence-corrected chi connectivity index (χ0v) is 14.6. The van der Waals surface area contributed by atoms with Gasteiger partial charge in [-0.15, -0.1) is 11.8 Å². The summed E-state index contributed by atoms with van der Waals surface area (Å²) in [5.74, 6) is -0.399. The van der Waals surface area contributed by atoms with E-state index in [9.17, 15) is 9.59 Å². The molecule has 1 amide bonds. The van der Waals surface area contributed by atoms with Gasteiger partial charge in [0.15, 0.2) is 0 Å². The molecule has 1 fully saturated rings. The van der Waals surface area contributed by atoms with Crippen molar-refractivity contribution in [2.75, 3.05) is 17.7 Å². The van der Waals surface area contributed by atoms with Gasteiger partial charge in [-0.1, -0.05) is 50.7 Å². The van der Waals surface area contributed by atoms with Gasteiger partial charge in [0.2, 0.25) is 9.70 Å². The molecule has 2 aliphatic heterocycles. The predicted molar refractivity (Wildman–Crippen MR) is 83.1 cm³/mol. The van der Waals surface area contributed by atoms with Gasteiger partial charge in [-0.25, -0.2) is 4.79 Å². The largest absolute Gasteiger partial charge is 0.456 e. The van der Waals surface area contributed by atoms with Gasteiger partial charge in [-0.3, -0.25) is 9.69 Å². The van der Waals surface area contributed by atoms with Crippen molar-refractivity contribution in [1.82, 2.24) is 4.90 Å². The number of hydrogen-bond donors (Lipinski definition) is 1. The maximum atomic E-state index is 12.1. The van der Waals surface area contributed by atoms with E-state index < -0.39 is 15.8 Å². The molecule has 10 heteroatoms. The Morgan fingerprint density at radius 3 is 2.75 bits per heavy atom. The first-order valence-electron chi connectivity index (χ1n) is 5.48. The highest BCUT2D eigenvalue weighted by atomic mass is 79.9.